The number of carbonyl (C=O) groups is 1. The highest BCUT2D eigenvalue weighted by Gasteiger charge is 2.11. The summed E-state index contributed by atoms with van der Waals surface area (Å²) in [5.74, 6) is 0.131. The zero-order chi connectivity index (χ0) is 16.4. The fourth-order valence-corrected chi connectivity index (χ4v) is 3.47. The molecule has 0 spiro atoms. The molecule has 0 aliphatic heterocycles. The minimum Gasteiger partial charge on any atom is -0.431 e. The third kappa shape index (κ3) is 4.19. The highest BCUT2D eigenvalue weighted by Crippen LogP contribution is 2.26. The molecule has 0 radical (unpaired) electrons. The van der Waals surface area contributed by atoms with E-state index in [0.717, 1.165) is 14.8 Å². The summed E-state index contributed by atoms with van der Waals surface area (Å²) in [4.78, 5) is 16.4. The molecule has 1 N–H and O–H groups in total. The number of aryl methyl sites for hydroxylation is 1. The number of amides is 1. The van der Waals surface area contributed by atoms with Crippen LogP contribution >= 0.6 is 46.0 Å². The van der Waals surface area contributed by atoms with Crippen LogP contribution < -0.4 is 5.32 Å². The molecule has 1 amide bonds. The zero-order valence-electron chi connectivity index (χ0n) is 12.1. The van der Waals surface area contributed by atoms with Crippen LogP contribution in [0.4, 0.5) is 5.69 Å². The number of benzene rings is 2. The Balaban J connectivity index is 1.63. The molecule has 118 valence electrons. The molecule has 0 unspecified atom stereocenters. The van der Waals surface area contributed by atoms with Gasteiger partial charge in [-0.25, -0.2) is 4.98 Å². The number of halogens is 2. The van der Waals surface area contributed by atoms with Gasteiger partial charge < -0.3 is 9.73 Å². The molecule has 0 saturated heterocycles. The lowest BCUT2D eigenvalue weighted by atomic mass is 10.2. The average molecular weight is 459 g/mol. The number of nitrogens with zero attached hydrogens (tertiary/aromatic N) is 1. The van der Waals surface area contributed by atoms with Crippen LogP contribution in [0.3, 0.4) is 0 Å². The van der Waals surface area contributed by atoms with Crippen LogP contribution in [0.5, 0.6) is 0 Å². The predicted molar refractivity (Wildman–Crippen MR) is 102 cm³/mol. The van der Waals surface area contributed by atoms with Crippen LogP contribution in [0.15, 0.2) is 46.0 Å². The van der Waals surface area contributed by atoms with E-state index in [2.05, 4.69) is 32.9 Å². The molecule has 23 heavy (non-hydrogen) atoms. The molecular weight excluding hydrogens is 447 g/mol. The van der Waals surface area contributed by atoms with Gasteiger partial charge in [0.05, 0.1) is 5.75 Å². The lowest BCUT2D eigenvalue weighted by Gasteiger charge is -2.07. The molecule has 0 atom stereocenters. The van der Waals surface area contributed by atoms with Crippen LogP contribution in [0.1, 0.15) is 5.56 Å². The number of aromatic nitrogens is 1. The molecule has 1 heterocycles. The van der Waals surface area contributed by atoms with E-state index in [0.29, 0.717) is 21.3 Å². The standard InChI is InChI=1S/C16H12ClIN2O2S/c1-9-6-11(18)3-4-12(9)19-15(21)8-23-16-20-13-7-10(17)2-5-14(13)22-16/h2-7H,8H2,1H3,(H,19,21). The first-order valence-corrected chi connectivity index (χ1v) is 9.20. The number of carbonyl (C=O) groups excluding carboxylic acids is 1. The highest BCUT2D eigenvalue weighted by atomic mass is 127. The van der Waals surface area contributed by atoms with Crippen molar-refractivity contribution in [3.63, 3.8) is 0 Å². The second-order valence-corrected chi connectivity index (χ2v) is 7.50. The smallest absolute Gasteiger partial charge is 0.257 e. The Morgan fingerprint density at radius 3 is 2.96 bits per heavy atom. The lowest BCUT2D eigenvalue weighted by molar-refractivity contribution is -0.113. The van der Waals surface area contributed by atoms with Gasteiger partial charge in [0.2, 0.25) is 5.91 Å². The van der Waals surface area contributed by atoms with E-state index in [1.807, 2.05) is 25.1 Å². The SMILES string of the molecule is Cc1cc(I)ccc1NC(=O)CSc1nc2cc(Cl)ccc2o1. The van der Waals surface area contributed by atoms with Crippen molar-refractivity contribution in [2.75, 3.05) is 11.1 Å². The van der Waals surface area contributed by atoms with Crippen molar-refractivity contribution in [1.82, 2.24) is 4.98 Å². The van der Waals surface area contributed by atoms with Gasteiger partial charge in [-0.1, -0.05) is 23.4 Å². The summed E-state index contributed by atoms with van der Waals surface area (Å²) in [6, 6.07) is 11.1. The van der Waals surface area contributed by atoms with Crippen molar-refractivity contribution < 1.29 is 9.21 Å². The summed E-state index contributed by atoms with van der Waals surface area (Å²) < 4.78 is 6.71. The highest BCUT2D eigenvalue weighted by molar-refractivity contribution is 14.1. The van der Waals surface area contributed by atoms with Crippen molar-refractivity contribution in [2.24, 2.45) is 0 Å². The van der Waals surface area contributed by atoms with E-state index in [1.54, 1.807) is 18.2 Å². The zero-order valence-corrected chi connectivity index (χ0v) is 15.8. The predicted octanol–water partition coefficient (Wildman–Crippen LogP) is 5.13. The Morgan fingerprint density at radius 2 is 2.17 bits per heavy atom. The van der Waals surface area contributed by atoms with E-state index in [-0.39, 0.29) is 11.7 Å². The van der Waals surface area contributed by atoms with Crippen molar-refractivity contribution in [3.8, 4) is 0 Å². The van der Waals surface area contributed by atoms with Gasteiger partial charge in [0.15, 0.2) is 5.58 Å². The molecule has 3 aromatic rings. The summed E-state index contributed by atoms with van der Waals surface area (Å²) in [6.45, 7) is 1.97. The van der Waals surface area contributed by atoms with Gasteiger partial charge in [-0.15, -0.1) is 0 Å². The Labute approximate surface area is 156 Å². The molecule has 0 fully saturated rings. The molecule has 1 aromatic heterocycles. The summed E-state index contributed by atoms with van der Waals surface area (Å²) in [5, 5.41) is 3.96. The van der Waals surface area contributed by atoms with E-state index < -0.39 is 0 Å². The Hall–Kier alpha value is -1.25. The monoisotopic (exact) mass is 458 g/mol. The van der Waals surface area contributed by atoms with Gasteiger partial charge in [-0.2, -0.15) is 0 Å². The number of thioether (sulfide) groups is 1. The van der Waals surface area contributed by atoms with Crippen LogP contribution in [0, 0.1) is 10.5 Å². The summed E-state index contributed by atoms with van der Waals surface area (Å²) >= 11 is 9.41. The van der Waals surface area contributed by atoms with E-state index in [4.69, 9.17) is 16.0 Å². The Bertz CT molecular complexity index is 882. The van der Waals surface area contributed by atoms with E-state index in [1.165, 1.54) is 11.8 Å². The minimum absolute atomic E-state index is 0.0976. The van der Waals surface area contributed by atoms with Gasteiger partial charge in [0.25, 0.3) is 5.22 Å². The van der Waals surface area contributed by atoms with Crippen molar-refractivity contribution in [1.29, 1.82) is 0 Å². The number of oxazole rings is 1. The quantitative estimate of drug-likeness (QED) is 0.435. The van der Waals surface area contributed by atoms with Crippen molar-refractivity contribution in [3.05, 3.63) is 50.6 Å². The number of anilines is 1. The lowest BCUT2D eigenvalue weighted by Crippen LogP contribution is -2.14. The molecule has 7 heteroatoms. The number of rotatable bonds is 4. The maximum absolute atomic E-state index is 12.1. The molecule has 2 aromatic carbocycles. The Morgan fingerprint density at radius 1 is 1.35 bits per heavy atom. The number of fused-ring (bicyclic) bond motifs is 1. The maximum Gasteiger partial charge on any atom is 0.257 e. The molecule has 0 bridgehead atoms. The Kier molecular flexibility index (Phi) is 5.13. The van der Waals surface area contributed by atoms with E-state index >= 15 is 0 Å². The third-order valence-electron chi connectivity index (χ3n) is 3.12. The summed E-state index contributed by atoms with van der Waals surface area (Å²) in [6.07, 6.45) is 0. The van der Waals surface area contributed by atoms with Crippen LogP contribution in [0.25, 0.3) is 11.1 Å². The van der Waals surface area contributed by atoms with Gasteiger partial charge in [-0.05, 0) is 71.5 Å². The van der Waals surface area contributed by atoms with E-state index in [9.17, 15) is 4.79 Å². The normalized spacial score (nSPS) is 10.9. The number of hydrogen-bond acceptors (Lipinski definition) is 4. The number of nitrogens with one attached hydrogen (secondary N) is 1. The largest absolute Gasteiger partial charge is 0.431 e. The summed E-state index contributed by atoms with van der Waals surface area (Å²) in [7, 11) is 0. The number of hydrogen-bond donors (Lipinski definition) is 1. The molecule has 0 aliphatic carbocycles. The fourth-order valence-electron chi connectivity index (χ4n) is 2.02. The van der Waals surface area contributed by atoms with Crippen molar-refractivity contribution in [2.45, 2.75) is 12.1 Å². The molecule has 3 rings (SSSR count). The molecule has 0 saturated carbocycles. The molecular formula is C16H12ClIN2O2S. The van der Waals surface area contributed by atoms with Crippen molar-refractivity contribution >= 4 is 68.6 Å². The molecule has 0 aliphatic rings. The summed E-state index contributed by atoms with van der Waals surface area (Å²) in [5.41, 5.74) is 3.20. The molecule has 4 nitrogen and oxygen atoms in total. The maximum atomic E-state index is 12.1. The van der Waals surface area contributed by atoms with Crippen LogP contribution in [-0.2, 0) is 4.79 Å². The van der Waals surface area contributed by atoms with Gasteiger partial charge in [-0.3, -0.25) is 4.79 Å². The van der Waals surface area contributed by atoms with Gasteiger partial charge in [0, 0.05) is 14.3 Å². The van der Waals surface area contributed by atoms with Gasteiger partial charge >= 0.3 is 0 Å². The third-order valence-corrected chi connectivity index (χ3v) is 4.85. The topological polar surface area (TPSA) is 55.1 Å². The second-order valence-electron chi connectivity index (χ2n) is 4.89. The first-order valence-electron chi connectivity index (χ1n) is 6.76. The average Bonchev–Trinajstić information content (AvgIpc) is 2.90. The second kappa shape index (κ2) is 7.11. The van der Waals surface area contributed by atoms with Crippen LogP contribution in [0.2, 0.25) is 5.02 Å². The minimum atomic E-state index is -0.0976. The fraction of sp³-hybridized carbons (Fsp3) is 0.125. The first kappa shape index (κ1) is 16.6. The first-order chi connectivity index (χ1) is 11.0. The van der Waals surface area contributed by atoms with Crippen LogP contribution in [-0.4, -0.2) is 16.6 Å². The van der Waals surface area contributed by atoms with Gasteiger partial charge in [0.1, 0.15) is 5.52 Å².